The Kier molecular flexibility index (Phi) is 4.60. The van der Waals surface area contributed by atoms with Crippen LogP contribution in [0, 0.1) is 13.8 Å². The SMILES string of the molecule is Cc1ccc(-c2csc3nc(NC(=O)COc4ccccc4C)nn23)cc1. The highest BCUT2D eigenvalue weighted by molar-refractivity contribution is 7.15. The van der Waals surface area contributed by atoms with E-state index in [1.165, 1.54) is 16.9 Å². The number of anilines is 1. The summed E-state index contributed by atoms with van der Waals surface area (Å²) in [6, 6.07) is 15.8. The van der Waals surface area contributed by atoms with Crippen LogP contribution in [-0.4, -0.2) is 27.1 Å². The highest BCUT2D eigenvalue weighted by Gasteiger charge is 2.14. The Hall–Kier alpha value is -3.19. The summed E-state index contributed by atoms with van der Waals surface area (Å²) in [4.78, 5) is 17.3. The van der Waals surface area contributed by atoms with Crippen LogP contribution >= 0.6 is 11.3 Å². The maximum Gasteiger partial charge on any atom is 0.264 e. The first-order valence-electron chi connectivity index (χ1n) is 8.50. The van der Waals surface area contributed by atoms with Gasteiger partial charge in [0.2, 0.25) is 4.96 Å². The molecule has 4 aromatic rings. The van der Waals surface area contributed by atoms with Crippen LogP contribution < -0.4 is 10.1 Å². The molecule has 1 amide bonds. The smallest absolute Gasteiger partial charge is 0.264 e. The second kappa shape index (κ2) is 7.20. The summed E-state index contributed by atoms with van der Waals surface area (Å²) < 4.78 is 7.30. The Balaban J connectivity index is 1.47. The number of ether oxygens (including phenoxy) is 1. The number of benzene rings is 2. The Morgan fingerprint density at radius 3 is 2.70 bits per heavy atom. The van der Waals surface area contributed by atoms with Crippen molar-refractivity contribution in [3.63, 3.8) is 0 Å². The van der Waals surface area contributed by atoms with Crippen LogP contribution in [0.5, 0.6) is 5.75 Å². The molecule has 0 fully saturated rings. The molecule has 27 heavy (non-hydrogen) atoms. The predicted molar refractivity (Wildman–Crippen MR) is 106 cm³/mol. The number of hydrogen-bond donors (Lipinski definition) is 1. The zero-order valence-electron chi connectivity index (χ0n) is 15.0. The number of amides is 1. The molecule has 0 aliphatic rings. The lowest BCUT2D eigenvalue weighted by Crippen LogP contribution is -2.21. The summed E-state index contributed by atoms with van der Waals surface area (Å²) in [6.45, 7) is 3.89. The number of rotatable bonds is 5. The molecule has 7 heteroatoms. The number of hydrogen-bond acceptors (Lipinski definition) is 5. The highest BCUT2D eigenvalue weighted by Crippen LogP contribution is 2.26. The number of carbonyl (C=O) groups excluding carboxylic acids is 1. The molecule has 1 N–H and O–H groups in total. The van der Waals surface area contributed by atoms with E-state index < -0.39 is 0 Å². The van der Waals surface area contributed by atoms with Gasteiger partial charge in [-0.15, -0.1) is 16.4 Å². The molecule has 0 aliphatic carbocycles. The normalized spacial score (nSPS) is 10.9. The van der Waals surface area contributed by atoms with Crippen LogP contribution in [0.3, 0.4) is 0 Å². The second-order valence-corrected chi connectivity index (χ2v) is 7.06. The Morgan fingerprint density at radius 2 is 1.93 bits per heavy atom. The molecule has 0 spiro atoms. The first kappa shape index (κ1) is 17.2. The average molecular weight is 378 g/mol. The third-order valence-corrected chi connectivity index (χ3v) is 4.95. The van der Waals surface area contributed by atoms with E-state index in [-0.39, 0.29) is 18.5 Å². The van der Waals surface area contributed by atoms with Gasteiger partial charge in [-0.1, -0.05) is 48.0 Å². The van der Waals surface area contributed by atoms with E-state index in [1.54, 1.807) is 4.52 Å². The standard InChI is InChI=1S/C20H18N4O2S/c1-13-7-9-15(10-8-13)16-12-27-20-22-19(23-24(16)20)21-18(25)11-26-17-6-4-3-5-14(17)2/h3-10,12H,11H2,1-2H3,(H,21,23,25). The fraction of sp³-hybridized carbons (Fsp3) is 0.150. The van der Waals surface area contributed by atoms with Crippen molar-refractivity contribution < 1.29 is 9.53 Å². The molecular weight excluding hydrogens is 360 g/mol. The first-order valence-corrected chi connectivity index (χ1v) is 9.38. The van der Waals surface area contributed by atoms with Crippen molar-refractivity contribution in [2.75, 3.05) is 11.9 Å². The van der Waals surface area contributed by atoms with Crippen molar-refractivity contribution in [3.05, 3.63) is 65.0 Å². The molecule has 0 saturated heterocycles. The number of carbonyl (C=O) groups is 1. The molecule has 4 rings (SSSR count). The zero-order valence-corrected chi connectivity index (χ0v) is 15.8. The van der Waals surface area contributed by atoms with Crippen molar-refractivity contribution in [1.29, 1.82) is 0 Å². The molecule has 2 aromatic carbocycles. The van der Waals surface area contributed by atoms with Gasteiger partial charge in [-0.2, -0.15) is 4.98 Å². The summed E-state index contributed by atoms with van der Waals surface area (Å²) >= 11 is 1.48. The number of nitrogens with zero attached hydrogens (tertiary/aromatic N) is 3. The molecule has 0 aliphatic heterocycles. The van der Waals surface area contributed by atoms with Crippen LogP contribution in [0.15, 0.2) is 53.9 Å². The number of aryl methyl sites for hydroxylation is 2. The minimum atomic E-state index is -0.298. The molecule has 136 valence electrons. The van der Waals surface area contributed by atoms with Crippen LogP contribution in [0.2, 0.25) is 0 Å². The van der Waals surface area contributed by atoms with Gasteiger partial charge in [0, 0.05) is 10.9 Å². The van der Waals surface area contributed by atoms with Crippen LogP contribution in [-0.2, 0) is 4.79 Å². The van der Waals surface area contributed by atoms with E-state index in [0.29, 0.717) is 5.75 Å². The third kappa shape index (κ3) is 3.68. The lowest BCUT2D eigenvalue weighted by Gasteiger charge is -2.07. The van der Waals surface area contributed by atoms with Gasteiger partial charge >= 0.3 is 0 Å². The molecule has 0 atom stereocenters. The lowest BCUT2D eigenvalue weighted by molar-refractivity contribution is -0.118. The Labute approximate surface area is 160 Å². The number of nitrogens with one attached hydrogen (secondary N) is 1. The highest BCUT2D eigenvalue weighted by atomic mass is 32.1. The quantitative estimate of drug-likeness (QED) is 0.568. The van der Waals surface area contributed by atoms with Crippen molar-refractivity contribution in [2.45, 2.75) is 13.8 Å². The fourth-order valence-corrected chi connectivity index (χ4v) is 3.51. The lowest BCUT2D eigenvalue weighted by atomic mass is 10.1. The van der Waals surface area contributed by atoms with Gasteiger partial charge < -0.3 is 4.74 Å². The van der Waals surface area contributed by atoms with Crippen LogP contribution in [0.1, 0.15) is 11.1 Å². The maximum absolute atomic E-state index is 12.2. The minimum absolute atomic E-state index is 0.0947. The van der Waals surface area contributed by atoms with E-state index in [9.17, 15) is 4.79 Å². The van der Waals surface area contributed by atoms with Crippen LogP contribution in [0.25, 0.3) is 16.2 Å². The van der Waals surface area contributed by atoms with Gasteiger partial charge in [0.15, 0.2) is 6.61 Å². The average Bonchev–Trinajstić information content (AvgIpc) is 3.22. The molecule has 2 heterocycles. The number of fused-ring (bicyclic) bond motifs is 1. The second-order valence-electron chi connectivity index (χ2n) is 6.22. The van der Waals surface area contributed by atoms with Crippen molar-refractivity contribution in [1.82, 2.24) is 14.6 Å². The maximum atomic E-state index is 12.2. The van der Waals surface area contributed by atoms with E-state index in [0.717, 1.165) is 21.8 Å². The molecule has 6 nitrogen and oxygen atoms in total. The third-order valence-electron chi connectivity index (χ3n) is 4.13. The van der Waals surface area contributed by atoms with Crippen molar-refractivity contribution in [2.24, 2.45) is 0 Å². The van der Waals surface area contributed by atoms with Gasteiger partial charge in [-0.25, -0.2) is 4.52 Å². The van der Waals surface area contributed by atoms with Gasteiger partial charge in [0.25, 0.3) is 11.9 Å². The monoisotopic (exact) mass is 378 g/mol. The van der Waals surface area contributed by atoms with Gasteiger partial charge in [0.05, 0.1) is 5.69 Å². The predicted octanol–water partition coefficient (Wildman–Crippen LogP) is 4.09. The van der Waals surface area contributed by atoms with Gasteiger partial charge in [0.1, 0.15) is 5.75 Å². The number of thiazole rings is 1. The molecule has 0 unspecified atom stereocenters. The molecule has 2 aromatic heterocycles. The number of aromatic nitrogens is 3. The summed E-state index contributed by atoms with van der Waals surface area (Å²) in [5.41, 5.74) is 4.18. The first-order chi connectivity index (χ1) is 13.1. The fourth-order valence-electron chi connectivity index (χ4n) is 2.68. The topological polar surface area (TPSA) is 68.5 Å². The summed E-state index contributed by atoms with van der Waals surface area (Å²) in [6.07, 6.45) is 0. The van der Waals surface area contributed by atoms with Gasteiger partial charge in [-0.05, 0) is 25.5 Å². The number of para-hydroxylation sites is 1. The van der Waals surface area contributed by atoms with E-state index in [2.05, 4.69) is 34.5 Å². The van der Waals surface area contributed by atoms with Crippen LogP contribution in [0.4, 0.5) is 5.95 Å². The summed E-state index contributed by atoms with van der Waals surface area (Å²) in [7, 11) is 0. The van der Waals surface area contributed by atoms with Gasteiger partial charge in [-0.3, -0.25) is 10.1 Å². The van der Waals surface area contributed by atoms with Crippen molar-refractivity contribution in [3.8, 4) is 17.0 Å². The molecule has 0 radical (unpaired) electrons. The largest absolute Gasteiger partial charge is 0.483 e. The molecule has 0 bridgehead atoms. The van der Waals surface area contributed by atoms with Crippen molar-refractivity contribution >= 4 is 28.2 Å². The Morgan fingerprint density at radius 1 is 1.15 bits per heavy atom. The van der Waals surface area contributed by atoms with E-state index in [1.807, 2.05) is 48.7 Å². The summed E-state index contributed by atoms with van der Waals surface area (Å²) in [5, 5.41) is 9.11. The Bertz CT molecular complexity index is 1100. The molecular formula is C20H18N4O2S. The van der Waals surface area contributed by atoms with E-state index in [4.69, 9.17) is 4.74 Å². The zero-order chi connectivity index (χ0) is 18.8. The van der Waals surface area contributed by atoms with E-state index >= 15 is 0 Å². The minimum Gasteiger partial charge on any atom is -0.483 e. The molecule has 0 saturated carbocycles. The summed E-state index contributed by atoms with van der Waals surface area (Å²) in [5.74, 6) is 0.662.